The van der Waals surface area contributed by atoms with Crippen LogP contribution in [0.3, 0.4) is 0 Å². The number of hydrogen-bond donors (Lipinski definition) is 2. The summed E-state index contributed by atoms with van der Waals surface area (Å²) in [5, 5.41) is 19.1. The quantitative estimate of drug-likeness (QED) is 0.840. The van der Waals surface area contributed by atoms with Crippen LogP contribution in [0.5, 0.6) is 11.5 Å². The summed E-state index contributed by atoms with van der Waals surface area (Å²) in [6.07, 6.45) is 2.09. The molecule has 2 aromatic rings. The van der Waals surface area contributed by atoms with Gasteiger partial charge in [0.05, 0.1) is 0 Å². The molecule has 0 atom stereocenters. The highest BCUT2D eigenvalue weighted by atomic mass is 16.3. The molecule has 0 radical (unpaired) electrons. The summed E-state index contributed by atoms with van der Waals surface area (Å²) in [7, 11) is 0. The molecule has 2 aromatic carbocycles. The van der Waals surface area contributed by atoms with Crippen molar-refractivity contribution < 1.29 is 10.2 Å². The first-order valence-electron chi connectivity index (χ1n) is 5.82. The third-order valence-corrected chi connectivity index (χ3v) is 2.78. The zero-order valence-electron chi connectivity index (χ0n) is 9.85. The standard InChI is InChI=1S/C15H16O2/c1-2-3-11-4-9-15(17)14(10-11)12-5-7-13(16)8-6-12/h4-10,16-17H,2-3H2,1H3. The molecule has 0 aliphatic heterocycles. The van der Waals surface area contributed by atoms with Crippen LogP contribution in [0.15, 0.2) is 42.5 Å². The van der Waals surface area contributed by atoms with E-state index in [2.05, 4.69) is 6.92 Å². The number of phenolic OH excluding ortho intramolecular Hbond substituents is 2. The van der Waals surface area contributed by atoms with Crippen LogP contribution < -0.4 is 0 Å². The molecule has 0 saturated carbocycles. The second kappa shape index (κ2) is 4.91. The Morgan fingerprint density at radius 1 is 0.941 bits per heavy atom. The third-order valence-electron chi connectivity index (χ3n) is 2.78. The minimum Gasteiger partial charge on any atom is -0.508 e. The third kappa shape index (κ3) is 2.59. The van der Waals surface area contributed by atoms with Crippen molar-refractivity contribution >= 4 is 0 Å². The number of aryl methyl sites for hydroxylation is 1. The van der Waals surface area contributed by atoms with E-state index in [1.165, 1.54) is 5.56 Å². The number of aromatic hydroxyl groups is 2. The molecule has 0 bridgehead atoms. The molecule has 17 heavy (non-hydrogen) atoms. The highest BCUT2D eigenvalue weighted by Gasteiger charge is 2.05. The fourth-order valence-corrected chi connectivity index (χ4v) is 1.90. The molecule has 0 amide bonds. The van der Waals surface area contributed by atoms with Gasteiger partial charge in [-0.3, -0.25) is 0 Å². The first-order valence-corrected chi connectivity index (χ1v) is 5.82. The van der Waals surface area contributed by atoms with Crippen LogP contribution >= 0.6 is 0 Å². The zero-order chi connectivity index (χ0) is 12.3. The van der Waals surface area contributed by atoms with Gasteiger partial charge in [0.25, 0.3) is 0 Å². The summed E-state index contributed by atoms with van der Waals surface area (Å²) in [4.78, 5) is 0. The molecule has 2 N–H and O–H groups in total. The predicted molar refractivity (Wildman–Crippen MR) is 69.2 cm³/mol. The van der Waals surface area contributed by atoms with E-state index in [-0.39, 0.29) is 11.5 Å². The van der Waals surface area contributed by atoms with Gasteiger partial charge in [-0.2, -0.15) is 0 Å². The first-order chi connectivity index (χ1) is 8.20. The maximum Gasteiger partial charge on any atom is 0.123 e. The molecule has 0 fully saturated rings. The molecule has 0 unspecified atom stereocenters. The lowest BCUT2D eigenvalue weighted by Gasteiger charge is -2.07. The van der Waals surface area contributed by atoms with E-state index in [0.717, 1.165) is 24.0 Å². The molecule has 0 aromatic heterocycles. The lowest BCUT2D eigenvalue weighted by Crippen LogP contribution is -1.86. The first kappa shape index (κ1) is 11.5. The van der Waals surface area contributed by atoms with E-state index in [0.29, 0.717) is 0 Å². The van der Waals surface area contributed by atoms with Crippen molar-refractivity contribution in [3.63, 3.8) is 0 Å². The van der Waals surface area contributed by atoms with Crippen molar-refractivity contribution in [1.82, 2.24) is 0 Å². The van der Waals surface area contributed by atoms with Crippen molar-refractivity contribution in [3.8, 4) is 22.6 Å². The van der Waals surface area contributed by atoms with Gasteiger partial charge >= 0.3 is 0 Å². The van der Waals surface area contributed by atoms with Gasteiger partial charge < -0.3 is 10.2 Å². The van der Waals surface area contributed by atoms with E-state index >= 15 is 0 Å². The maximum absolute atomic E-state index is 9.86. The van der Waals surface area contributed by atoms with Crippen LogP contribution in [-0.2, 0) is 6.42 Å². The Balaban J connectivity index is 2.42. The van der Waals surface area contributed by atoms with Crippen molar-refractivity contribution in [3.05, 3.63) is 48.0 Å². The van der Waals surface area contributed by atoms with Crippen LogP contribution in [0, 0.1) is 0 Å². The van der Waals surface area contributed by atoms with Crippen molar-refractivity contribution in [2.75, 3.05) is 0 Å². The Morgan fingerprint density at radius 2 is 1.65 bits per heavy atom. The molecular formula is C15H16O2. The van der Waals surface area contributed by atoms with Crippen LogP contribution in [-0.4, -0.2) is 10.2 Å². The molecule has 2 rings (SSSR count). The normalized spacial score (nSPS) is 10.4. The summed E-state index contributed by atoms with van der Waals surface area (Å²) in [5.74, 6) is 0.508. The van der Waals surface area contributed by atoms with Crippen LogP contribution in [0.2, 0.25) is 0 Å². The number of benzene rings is 2. The van der Waals surface area contributed by atoms with Gasteiger partial charge in [-0.1, -0.05) is 31.5 Å². The minimum atomic E-state index is 0.234. The fourth-order valence-electron chi connectivity index (χ4n) is 1.90. The van der Waals surface area contributed by atoms with Crippen LogP contribution in [0.1, 0.15) is 18.9 Å². The number of hydrogen-bond acceptors (Lipinski definition) is 2. The second-order valence-corrected chi connectivity index (χ2v) is 4.15. The van der Waals surface area contributed by atoms with Gasteiger partial charge in [0.1, 0.15) is 11.5 Å². The SMILES string of the molecule is CCCc1ccc(O)c(-c2ccc(O)cc2)c1. The molecule has 0 aliphatic carbocycles. The molecule has 88 valence electrons. The van der Waals surface area contributed by atoms with Crippen molar-refractivity contribution in [1.29, 1.82) is 0 Å². The Morgan fingerprint density at radius 3 is 2.29 bits per heavy atom. The molecule has 0 heterocycles. The Labute approximate surface area is 101 Å². The average molecular weight is 228 g/mol. The fraction of sp³-hybridized carbons (Fsp3) is 0.200. The van der Waals surface area contributed by atoms with Gasteiger partial charge in [-0.15, -0.1) is 0 Å². The maximum atomic E-state index is 9.86. The van der Waals surface area contributed by atoms with Gasteiger partial charge in [0.2, 0.25) is 0 Å². The minimum absolute atomic E-state index is 0.234. The van der Waals surface area contributed by atoms with E-state index in [4.69, 9.17) is 0 Å². The molecule has 0 saturated heterocycles. The zero-order valence-corrected chi connectivity index (χ0v) is 9.85. The molecule has 0 spiro atoms. The highest BCUT2D eigenvalue weighted by Crippen LogP contribution is 2.31. The highest BCUT2D eigenvalue weighted by molar-refractivity contribution is 5.71. The lowest BCUT2D eigenvalue weighted by atomic mass is 10.00. The van der Waals surface area contributed by atoms with E-state index in [9.17, 15) is 10.2 Å². The monoisotopic (exact) mass is 228 g/mol. The van der Waals surface area contributed by atoms with E-state index in [1.807, 2.05) is 12.1 Å². The van der Waals surface area contributed by atoms with Crippen molar-refractivity contribution in [2.45, 2.75) is 19.8 Å². The van der Waals surface area contributed by atoms with Gasteiger partial charge in [0, 0.05) is 5.56 Å². The number of rotatable bonds is 3. The summed E-state index contributed by atoms with van der Waals surface area (Å²) in [6, 6.07) is 12.5. The Bertz CT molecular complexity index is 501. The predicted octanol–water partition coefficient (Wildman–Crippen LogP) is 3.72. The average Bonchev–Trinajstić information content (AvgIpc) is 2.33. The van der Waals surface area contributed by atoms with Gasteiger partial charge in [-0.25, -0.2) is 0 Å². The lowest BCUT2D eigenvalue weighted by molar-refractivity contribution is 0.474. The largest absolute Gasteiger partial charge is 0.508 e. The molecular weight excluding hydrogens is 212 g/mol. The summed E-state index contributed by atoms with van der Waals surface area (Å²) < 4.78 is 0. The van der Waals surface area contributed by atoms with Crippen molar-refractivity contribution in [2.24, 2.45) is 0 Å². The molecule has 2 heteroatoms. The van der Waals surface area contributed by atoms with Gasteiger partial charge in [0.15, 0.2) is 0 Å². The van der Waals surface area contributed by atoms with Crippen LogP contribution in [0.4, 0.5) is 0 Å². The molecule has 2 nitrogen and oxygen atoms in total. The Kier molecular flexibility index (Phi) is 3.33. The summed E-state index contributed by atoms with van der Waals surface area (Å²) in [6.45, 7) is 2.13. The topological polar surface area (TPSA) is 40.5 Å². The summed E-state index contributed by atoms with van der Waals surface area (Å²) in [5.41, 5.74) is 2.95. The van der Waals surface area contributed by atoms with Gasteiger partial charge in [-0.05, 0) is 41.8 Å². The summed E-state index contributed by atoms with van der Waals surface area (Å²) >= 11 is 0. The molecule has 0 aliphatic rings. The smallest absolute Gasteiger partial charge is 0.123 e. The second-order valence-electron chi connectivity index (χ2n) is 4.15. The van der Waals surface area contributed by atoms with E-state index < -0.39 is 0 Å². The van der Waals surface area contributed by atoms with E-state index in [1.54, 1.807) is 30.3 Å². The van der Waals surface area contributed by atoms with Crippen LogP contribution in [0.25, 0.3) is 11.1 Å². The number of phenols is 2. The Hall–Kier alpha value is -1.96.